The lowest BCUT2D eigenvalue weighted by Crippen LogP contribution is -2.35. The predicted octanol–water partition coefficient (Wildman–Crippen LogP) is 6.22. The lowest BCUT2D eigenvalue weighted by Gasteiger charge is -2.24. The normalized spacial score (nSPS) is 14.8. The van der Waals surface area contributed by atoms with E-state index in [0.29, 0.717) is 65.6 Å². The summed E-state index contributed by atoms with van der Waals surface area (Å²) in [6.45, 7) is 4.46. The Bertz CT molecular complexity index is 1690. The first-order valence-corrected chi connectivity index (χ1v) is 13.5. The third-order valence-corrected chi connectivity index (χ3v) is 6.94. The van der Waals surface area contributed by atoms with Crippen LogP contribution in [-0.4, -0.2) is 36.1 Å². The molecule has 11 heteroatoms. The molecule has 216 valence electrons. The average molecular weight is 576 g/mol. The second-order valence-electron chi connectivity index (χ2n) is 10.3. The van der Waals surface area contributed by atoms with E-state index in [0.717, 1.165) is 6.07 Å². The lowest BCUT2D eigenvalue weighted by atomic mass is 10.0. The van der Waals surface area contributed by atoms with Gasteiger partial charge in [0.2, 0.25) is 17.6 Å². The number of rotatable bonds is 8. The van der Waals surface area contributed by atoms with Gasteiger partial charge in [0.1, 0.15) is 30.2 Å². The molecule has 4 aromatic rings. The molecule has 0 unspecified atom stereocenters. The Morgan fingerprint density at radius 3 is 2.19 bits per heavy atom. The fourth-order valence-electron chi connectivity index (χ4n) is 4.70. The van der Waals surface area contributed by atoms with Crippen molar-refractivity contribution in [1.82, 2.24) is 4.98 Å². The van der Waals surface area contributed by atoms with E-state index in [1.165, 1.54) is 42.6 Å². The molecule has 2 amide bonds. The first-order valence-electron chi connectivity index (χ1n) is 13.5. The Kier molecular flexibility index (Phi) is 7.01. The second kappa shape index (κ2) is 10.8. The van der Waals surface area contributed by atoms with Crippen molar-refractivity contribution in [3.05, 3.63) is 72.4 Å². The van der Waals surface area contributed by atoms with E-state index in [9.17, 15) is 14.0 Å². The molecule has 1 fully saturated rings. The third-order valence-electron chi connectivity index (χ3n) is 6.94. The molecular formula is C31H27F2N3O6. The van der Waals surface area contributed by atoms with Crippen LogP contribution >= 0.6 is 0 Å². The number of benzene rings is 3. The fourth-order valence-corrected chi connectivity index (χ4v) is 4.70. The highest BCUT2D eigenvalue weighted by Crippen LogP contribution is 2.49. The molecule has 3 aromatic carbocycles. The number of hydrogen-bond donors (Lipinski definition) is 2. The van der Waals surface area contributed by atoms with Gasteiger partial charge in [0, 0.05) is 29.7 Å². The maximum Gasteiger partial charge on any atom is 0.240 e. The number of nitrogens with zero attached hydrogens (tertiary/aromatic N) is 1. The summed E-state index contributed by atoms with van der Waals surface area (Å²) in [4.78, 5) is 30.3. The van der Waals surface area contributed by atoms with Gasteiger partial charge in [0.05, 0.1) is 17.0 Å². The van der Waals surface area contributed by atoms with Gasteiger partial charge in [-0.1, -0.05) is 0 Å². The second-order valence-corrected chi connectivity index (χ2v) is 10.3. The molecule has 1 aliphatic heterocycles. The molecule has 6 rings (SSSR count). The number of fused-ring (bicyclic) bond motifs is 3. The predicted molar refractivity (Wildman–Crippen MR) is 150 cm³/mol. The summed E-state index contributed by atoms with van der Waals surface area (Å²) < 4.78 is 52.0. The summed E-state index contributed by atoms with van der Waals surface area (Å²) in [6, 6.07) is 12.6. The van der Waals surface area contributed by atoms with E-state index in [2.05, 4.69) is 15.6 Å². The molecule has 0 bridgehead atoms. The topological polar surface area (TPSA) is 108 Å². The summed E-state index contributed by atoms with van der Waals surface area (Å²) in [5.74, 6) is -0.720. The molecule has 0 spiro atoms. The minimum Gasteiger partial charge on any atom is -0.487 e. The Hall–Kier alpha value is -4.93. The highest BCUT2D eigenvalue weighted by atomic mass is 19.1. The first-order chi connectivity index (χ1) is 20.2. The van der Waals surface area contributed by atoms with E-state index >= 15 is 4.39 Å². The van der Waals surface area contributed by atoms with Crippen LogP contribution in [0.2, 0.25) is 0 Å². The largest absolute Gasteiger partial charge is 0.487 e. The van der Waals surface area contributed by atoms with Crippen molar-refractivity contribution >= 4 is 34.1 Å². The van der Waals surface area contributed by atoms with Gasteiger partial charge in [0.25, 0.3) is 0 Å². The molecule has 0 radical (unpaired) electrons. The maximum absolute atomic E-state index is 15.2. The summed E-state index contributed by atoms with van der Waals surface area (Å²) in [5.41, 5.74) is -0.228. The highest BCUT2D eigenvalue weighted by Gasteiger charge is 2.56. The van der Waals surface area contributed by atoms with Crippen LogP contribution in [0.25, 0.3) is 10.9 Å². The van der Waals surface area contributed by atoms with Gasteiger partial charge < -0.3 is 29.6 Å². The van der Waals surface area contributed by atoms with Gasteiger partial charge in [-0.3, -0.25) is 14.6 Å². The number of nitrogens with one attached hydrogen (secondary N) is 2. The van der Waals surface area contributed by atoms with Crippen molar-refractivity contribution < 1.29 is 37.3 Å². The van der Waals surface area contributed by atoms with Crippen LogP contribution in [0.1, 0.15) is 26.7 Å². The quantitative estimate of drug-likeness (QED) is 0.240. The van der Waals surface area contributed by atoms with Gasteiger partial charge in [-0.25, -0.2) is 8.78 Å². The Labute approximate surface area is 239 Å². The van der Waals surface area contributed by atoms with Gasteiger partial charge in [0.15, 0.2) is 23.1 Å². The highest BCUT2D eigenvalue weighted by molar-refractivity contribution is 6.16. The van der Waals surface area contributed by atoms with Crippen molar-refractivity contribution in [1.29, 1.82) is 0 Å². The molecule has 0 saturated heterocycles. The van der Waals surface area contributed by atoms with Gasteiger partial charge >= 0.3 is 0 Å². The molecule has 42 heavy (non-hydrogen) atoms. The Balaban J connectivity index is 1.21. The van der Waals surface area contributed by atoms with Crippen molar-refractivity contribution in [2.75, 3.05) is 23.8 Å². The molecule has 1 saturated carbocycles. The monoisotopic (exact) mass is 575 g/mol. The fraction of sp³-hybridized carbons (Fsp3) is 0.258. The number of carbonyl (C=O) groups is 2. The minimum absolute atomic E-state index is 0.0938. The number of pyridine rings is 1. The number of anilines is 2. The summed E-state index contributed by atoms with van der Waals surface area (Å²) in [6.07, 6.45) is 2.10. The molecule has 2 heterocycles. The molecule has 9 nitrogen and oxygen atoms in total. The first kappa shape index (κ1) is 27.3. The van der Waals surface area contributed by atoms with Crippen molar-refractivity contribution in [3.63, 3.8) is 0 Å². The summed E-state index contributed by atoms with van der Waals surface area (Å²) >= 11 is 0. The SMILES string of the molecule is CC(C)Oc1cc2nccc(Oc3ccc(NC(=O)C4(C(=O)Nc5ccc(F)cc5)CC4)cc3F)c2c2c1OCCO2. The maximum atomic E-state index is 15.2. The smallest absolute Gasteiger partial charge is 0.240 e. The third kappa shape index (κ3) is 5.25. The zero-order valence-electron chi connectivity index (χ0n) is 22.8. The number of halogens is 2. The van der Waals surface area contributed by atoms with E-state index in [-0.39, 0.29) is 17.5 Å². The average Bonchev–Trinajstić information content (AvgIpc) is 3.78. The number of ether oxygens (including phenoxy) is 4. The van der Waals surface area contributed by atoms with Crippen molar-refractivity contribution in [3.8, 4) is 28.7 Å². The Morgan fingerprint density at radius 2 is 1.52 bits per heavy atom. The zero-order chi connectivity index (χ0) is 29.4. The number of amides is 2. The van der Waals surface area contributed by atoms with Crippen LogP contribution in [0.3, 0.4) is 0 Å². The van der Waals surface area contributed by atoms with Gasteiger partial charge in [-0.05, 0) is 69.2 Å². The van der Waals surface area contributed by atoms with E-state index in [1.54, 1.807) is 12.1 Å². The van der Waals surface area contributed by atoms with Crippen LogP contribution < -0.4 is 29.6 Å². The van der Waals surface area contributed by atoms with Gasteiger partial charge in [-0.15, -0.1) is 0 Å². The van der Waals surface area contributed by atoms with Crippen molar-refractivity contribution in [2.24, 2.45) is 5.41 Å². The van der Waals surface area contributed by atoms with E-state index in [1.807, 2.05) is 13.8 Å². The molecule has 1 aromatic heterocycles. The Morgan fingerprint density at radius 1 is 0.857 bits per heavy atom. The number of aromatic nitrogens is 1. The van der Waals surface area contributed by atoms with E-state index in [4.69, 9.17) is 18.9 Å². The van der Waals surface area contributed by atoms with Crippen LogP contribution in [0.5, 0.6) is 28.7 Å². The lowest BCUT2D eigenvalue weighted by molar-refractivity contribution is -0.131. The molecule has 1 aliphatic carbocycles. The van der Waals surface area contributed by atoms with Crippen LogP contribution in [0.4, 0.5) is 20.2 Å². The number of hydrogen-bond acceptors (Lipinski definition) is 7. The molecule has 2 N–H and O–H groups in total. The van der Waals surface area contributed by atoms with E-state index < -0.39 is 28.9 Å². The molecule has 2 aliphatic rings. The van der Waals surface area contributed by atoms with Crippen LogP contribution in [0.15, 0.2) is 60.8 Å². The molecular weight excluding hydrogens is 548 g/mol. The van der Waals surface area contributed by atoms with Crippen LogP contribution in [-0.2, 0) is 9.59 Å². The molecule has 0 atom stereocenters. The standard InChI is InChI=1S/C31H27F2N3O6/c1-17(2)41-25-16-22-26(28-27(25)39-13-14-40-28)24(9-12-34-22)42-23-8-7-20(15-21(23)33)36-30(38)31(10-11-31)29(37)35-19-5-3-18(32)4-6-19/h3-9,12,15-17H,10-11,13-14H2,1-2H3,(H,35,37)(H,36,38). The summed E-state index contributed by atoms with van der Waals surface area (Å²) in [7, 11) is 0. The number of carbonyl (C=O) groups excluding carboxylic acids is 2. The minimum atomic E-state index is -1.28. The van der Waals surface area contributed by atoms with Crippen molar-refractivity contribution in [2.45, 2.75) is 32.8 Å². The van der Waals surface area contributed by atoms with Crippen LogP contribution in [0, 0.1) is 17.0 Å². The van der Waals surface area contributed by atoms with Gasteiger partial charge in [-0.2, -0.15) is 0 Å². The zero-order valence-corrected chi connectivity index (χ0v) is 22.8. The summed E-state index contributed by atoms with van der Waals surface area (Å²) in [5, 5.41) is 5.77.